The van der Waals surface area contributed by atoms with Gasteiger partial charge in [0.25, 0.3) is 5.91 Å². The number of hydrogen-bond donors (Lipinski definition) is 1. The first-order valence-electron chi connectivity index (χ1n) is 8.07. The number of carbonyl (C=O) groups excluding carboxylic acids is 1. The number of benzene rings is 2. The van der Waals surface area contributed by atoms with Crippen LogP contribution in [0.3, 0.4) is 0 Å². The van der Waals surface area contributed by atoms with Crippen LogP contribution in [0.5, 0.6) is 5.75 Å². The summed E-state index contributed by atoms with van der Waals surface area (Å²) in [6.07, 6.45) is 1.36. The van der Waals surface area contributed by atoms with Crippen LogP contribution in [0.2, 0.25) is 0 Å². The number of amides is 1. The highest BCUT2D eigenvalue weighted by atomic mass is 127. The van der Waals surface area contributed by atoms with Crippen molar-refractivity contribution < 1.29 is 18.9 Å². The summed E-state index contributed by atoms with van der Waals surface area (Å²) in [7, 11) is 0. The number of rotatable bonds is 7. The van der Waals surface area contributed by atoms with Gasteiger partial charge in [0.15, 0.2) is 5.75 Å². The predicted molar refractivity (Wildman–Crippen MR) is 110 cm³/mol. The largest absolute Gasteiger partial charge is 0.479 e. The van der Waals surface area contributed by atoms with Crippen molar-refractivity contribution in [3.05, 3.63) is 91.4 Å². The van der Waals surface area contributed by atoms with Crippen molar-refractivity contribution in [2.75, 3.05) is 0 Å². The van der Waals surface area contributed by atoms with E-state index in [-0.39, 0.29) is 24.0 Å². The highest BCUT2D eigenvalue weighted by molar-refractivity contribution is 14.1. The van der Waals surface area contributed by atoms with Crippen molar-refractivity contribution in [3.63, 3.8) is 0 Å². The van der Waals surface area contributed by atoms with E-state index >= 15 is 0 Å². The lowest BCUT2D eigenvalue weighted by molar-refractivity contribution is -0.386. The van der Waals surface area contributed by atoms with Gasteiger partial charge in [-0.05, 0) is 65.1 Å². The van der Waals surface area contributed by atoms with Gasteiger partial charge >= 0.3 is 5.69 Å². The van der Waals surface area contributed by atoms with Crippen LogP contribution in [0, 0.1) is 13.7 Å². The maximum absolute atomic E-state index is 12.0. The highest BCUT2D eigenvalue weighted by Crippen LogP contribution is 2.26. The molecule has 8 nitrogen and oxygen atoms in total. The van der Waals surface area contributed by atoms with E-state index in [9.17, 15) is 14.9 Å². The number of hydrazone groups is 1. The Morgan fingerprint density at radius 1 is 1.18 bits per heavy atom. The van der Waals surface area contributed by atoms with Crippen LogP contribution in [-0.2, 0) is 6.61 Å². The smallest absolute Gasteiger partial charge is 0.310 e. The molecule has 0 fully saturated rings. The Hall–Kier alpha value is -3.21. The van der Waals surface area contributed by atoms with Gasteiger partial charge in [-0.3, -0.25) is 14.9 Å². The van der Waals surface area contributed by atoms with Gasteiger partial charge < -0.3 is 9.15 Å². The molecule has 0 atom stereocenters. The maximum Gasteiger partial charge on any atom is 0.310 e. The van der Waals surface area contributed by atoms with E-state index in [4.69, 9.17) is 9.15 Å². The summed E-state index contributed by atoms with van der Waals surface area (Å²) in [4.78, 5) is 22.4. The Morgan fingerprint density at radius 2 is 1.93 bits per heavy atom. The lowest BCUT2D eigenvalue weighted by Gasteiger charge is -2.04. The first kappa shape index (κ1) is 19.5. The molecule has 0 bridgehead atoms. The average molecular weight is 491 g/mol. The molecule has 0 saturated carbocycles. The molecule has 0 unspecified atom stereocenters. The third-order valence-corrected chi connectivity index (χ3v) is 4.30. The van der Waals surface area contributed by atoms with E-state index in [0.29, 0.717) is 17.1 Å². The highest BCUT2D eigenvalue weighted by Gasteiger charge is 2.14. The first-order chi connectivity index (χ1) is 13.5. The van der Waals surface area contributed by atoms with Crippen molar-refractivity contribution in [3.8, 4) is 5.75 Å². The molecule has 9 heteroatoms. The molecule has 142 valence electrons. The van der Waals surface area contributed by atoms with Gasteiger partial charge in [0.2, 0.25) is 0 Å². The van der Waals surface area contributed by atoms with Crippen LogP contribution in [0.15, 0.2) is 70.2 Å². The van der Waals surface area contributed by atoms with Crippen molar-refractivity contribution in [1.29, 1.82) is 0 Å². The Balaban J connectivity index is 1.55. The maximum atomic E-state index is 12.0. The van der Waals surface area contributed by atoms with Gasteiger partial charge in [-0.1, -0.05) is 12.1 Å². The van der Waals surface area contributed by atoms with Gasteiger partial charge in [0.1, 0.15) is 18.1 Å². The van der Waals surface area contributed by atoms with Crippen molar-refractivity contribution in [2.45, 2.75) is 6.61 Å². The number of halogens is 1. The minimum absolute atomic E-state index is 0.0215. The number of furan rings is 1. The van der Waals surface area contributed by atoms with Crippen LogP contribution in [-0.4, -0.2) is 17.0 Å². The third-order valence-electron chi connectivity index (χ3n) is 3.58. The second-order valence-electron chi connectivity index (χ2n) is 5.52. The molecule has 1 N–H and O–H groups in total. The Morgan fingerprint density at radius 3 is 2.68 bits per heavy atom. The molecule has 0 spiro atoms. The zero-order valence-corrected chi connectivity index (χ0v) is 16.5. The standard InChI is InChI=1S/C19H14IN3O5/c20-14-7-5-13(6-8-14)19(24)22-21-11-15-9-10-16(28-15)12-27-18-4-2-1-3-17(18)23(25)26/h1-11H,12H2,(H,22,24)/b21-11-. The monoisotopic (exact) mass is 491 g/mol. The summed E-state index contributed by atoms with van der Waals surface area (Å²) in [5.41, 5.74) is 2.80. The van der Waals surface area contributed by atoms with Crippen LogP contribution >= 0.6 is 22.6 Å². The van der Waals surface area contributed by atoms with Crippen molar-refractivity contribution in [2.24, 2.45) is 5.10 Å². The lowest BCUT2D eigenvalue weighted by atomic mass is 10.2. The number of nitrogens with zero attached hydrogens (tertiary/aromatic N) is 2. The summed E-state index contributed by atoms with van der Waals surface area (Å²) in [6, 6.07) is 16.5. The third kappa shape index (κ3) is 5.16. The van der Waals surface area contributed by atoms with Gasteiger partial charge in [0.05, 0.1) is 11.1 Å². The van der Waals surface area contributed by atoms with Crippen LogP contribution in [0.4, 0.5) is 5.69 Å². The Labute approximate surface area is 173 Å². The molecule has 3 rings (SSSR count). The zero-order chi connectivity index (χ0) is 19.9. The SMILES string of the molecule is O=C(N/N=C\c1ccc(COc2ccccc2[N+](=O)[O-])o1)c1ccc(I)cc1. The fourth-order valence-corrected chi connectivity index (χ4v) is 2.60. The number of nitro benzene ring substituents is 1. The molecule has 1 amide bonds. The number of hydrogen-bond acceptors (Lipinski definition) is 6. The van der Waals surface area contributed by atoms with E-state index in [1.54, 1.807) is 36.4 Å². The molecule has 0 aliphatic heterocycles. The van der Waals surface area contributed by atoms with Crippen LogP contribution in [0.25, 0.3) is 0 Å². The average Bonchev–Trinajstić information content (AvgIpc) is 3.14. The molecule has 1 aromatic heterocycles. The Kier molecular flexibility index (Phi) is 6.37. The first-order valence-corrected chi connectivity index (χ1v) is 9.15. The summed E-state index contributed by atoms with van der Waals surface area (Å²) >= 11 is 2.16. The van der Waals surface area contributed by atoms with Gasteiger partial charge in [-0.25, -0.2) is 5.43 Å². The molecule has 0 aliphatic carbocycles. The minimum Gasteiger partial charge on any atom is -0.479 e. The normalized spacial score (nSPS) is 10.8. The molecule has 0 aliphatic rings. The van der Waals surface area contributed by atoms with Crippen molar-refractivity contribution >= 4 is 40.4 Å². The quantitative estimate of drug-likeness (QED) is 0.232. The second kappa shape index (κ2) is 9.13. The summed E-state index contributed by atoms with van der Waals surface area (Å²) in [5, 5.41) is 14.8. The lowest BCUT2D eigenvalue weighted by Crippen LogP contribution is -2.17. The summed E-state index contributed by atoms with van der Waals surface area (Å²) in [6.45, 7) is 0.0215. The Bertz CT molecular complexity index is 1010. The summed E-state index contributed by atoms with van der Waals surface area (Å²) in [5.74, 6) is 0.690. The number of nitrogens with one attached hydrogen (secondary N) is 1. The molecule has 0 radical (unpaired) electrons. The van der Waals surface area contributed by atoms with E-state index in [1.807, 2.05) is 12.1 Å². The number of nitro groups is 1. The molecule has 28 heavy (non-hydrogen) atoms. The van der Waals surface area contributed by atoms with Crippen molar-refractivity contribution in [1.82, 2.24) is 5.43 Å². The molecule has 3 aromatic rings. The van der Waals surface area contributed by atoms with E-state index in [2.05, 4.69) is 33.1 Å². The molecular formula is C19H14IN3O5. The molecular weight excluding hydrogens is 477 g/mol. The van der Waals surface area contributed by atoms with Gasteiger partial charge in [-0.15, -0.1) is 0 Å². The minimum atomic E-state index is -0.508. The zero-order valence-electron chi connectivity index (χ0n) is 14.4. The number of para-hydroxylation sites is 2. The van der Waals surface area contributed by atoms with E-state index < -0.39 is 4.92 Å². The second-order valence-corrected chi connectivity index (χ2v) is 6.77. The summed E-state index contributed by atoms with van der Waals surface area (Å²) < 4.78 is 12.0. The van der Waals surface area contributed by atoms with Gasteiger partial charge in [-0.2, -0.15) is 5.10 Å². The fraction of sp³-hybridized carbons (Fsp3) is 0.0526. The topological polar surface area (TPSA) is 107 Å². The molecule has 0 saturated heterocycles. The van der Waals surface area contributed by atoms with Gasteiger partial charge in [0, 0.05) is 15.2 Å². The number of carbonyl (C=O) groups is 1. The fourth-order valence-electron chi connectivity index (χ4n) is 2.24. The van der Waals surface area contributed by atoms with E-state index in [0.717, 1.165) is 3.57 Å². The molecule has 2 aromatic carbocycles. The predicted octanol–water partition coefficient (Wildman–Crippen LogP) is 4.14. The van der Waals surface area contributed by atoms with E-state index in [1.165, 1.54) is 18.3 Å². The van der Waals surface area contributed by atoms with Crippen LogP contribution < -0.4 is 10.2 Å². The van der Waals surface area contributed by atoms with Crippen LogP contribution in [0.1, 0.15) is 21.9 Å². The number of ether oxygens (including phenoxy) is 1. The molecule has 1 heterocycles.